The lowest BCUT2D eigenvalue weighted by atomic mass is 10.1. The van der Waals surface area contributed by atoms with E-state index in [1.807, 2.05) is 17.7 Å². The maximum absolute atomic E-state index is 13.8. The van der Waals surface area contributed by atoms with Crippen molar-refractivity contribution in [2.45, 2.75) is 32.4 Å². The van der Waals surface area contributed by atoms with Gasteiger partial charge in [0.1, 0.15) is 5.82 Å². The van der Waals surface area contributed by atoms with Crippen LogP contribution in [0.25, 0.3) is 0 Å². The number of carbonyl (C=O) groups excluding carboxylic acids is 1. The summed E-state index contributed by atoms with van der Waals surface area (Å²) >= 11 is 0. The number of aromatic nitrogens is 2. The minimum atomic E-state index is -0.461. The van der Waals surface area contributed by atoms with E-state index in [0.717, 1.165) is 25.1 Å². The molecule has 0 radical (unpaired) electrons. The Hall–Kier alpha value is -2.17. The second-order valence-corrected chi connectivity index (χ2v) is 5.21. The van der Waals surface area contributed by atoms with E-state index >= 15 is 0 Å². The summed E-state index contributed by atoms with van der Waals surface area (Å²) in [7, 11) is 0. The van der Waals surface area contributed by atoms with Crippen molar-refractivity contribution in [2.24, 2.45) is 0 Å². The Kier molecular flexibility index (Phi) is 3.73. The molecule has 0 aliphatic carbocycles. The first-order valence-electron chi connectivity index (χ1n) is 7.29. The van der Waals surface area contributed by atoms with Crippen LogP contribution >= 0.6 is 0 Å². The highest BCUT2D eigenvalue weighted by molar-refractivity contribution is 5.94. The molecule has 1 unspecified atom stereocenters. The smallest absolute Gasteiger partial charge is 0.257 e. The number of halogens is 1. The lowest BCUT2D eigenvalue weighted by molar-refractivity contribution is 0.0725. The zero-order valence-corrected chi connectivity index (χ0v) is 12.0. The molecule has 1 amide bonds. The van der Waals surface area contributed by atoms with Crippen molar-refractivity contribution in [3.8, 4) is 0 Å². The van der Waals surface area contributed by atoms with Crippen LogP contribution in [0, 0.1) is 5.82 Å². The molecule has 0 spiro atoms. The van der Waals surface area contributed by atoms with E-state index in [2.05, 4.69) is 5.10 Å². The zero-order chi connectivity index (χ0) is 14.8. The molecule has 1 aliphatic heterocycles. The van der Waals surface area contributed by atoms with Crippen molar-refractivity contribution >= 4 is 5.91 Å². The van der Waals surface area contributed by atoms with Gasteiger partial charge in [-0.25, -0.2) is 4.39 Å². The van der Waals surface area contributed by atoms with Gasteiger partial charge < -0.3 is 4.90 Å². The van der Waals surface area contributed by atoms with Crippen molar-refractivity contribution in [1.82, 2.24) is 14.7 Å². The van der Waals surface area contributed by atoms with Crippen LogP contribution in [0.15, 0.2) is 36.5 Å². The number of hydrogen-bond acceptors (Lipinski definition) is 2. The van der Waals surface area contributed by atoms with Gasteiger partial charge in [0.25, 0.3) is 5.91 Å². The normalized spacial score (nSPS) is 18.2. The maximum atomic E-state index is 13.8. The highest BCUT2D eigenvalue weighted by Crippen LogP contribution is 2.33. The van der Waals surface area contributed by atoms with Crippen LogP contribution in [0.3, 0.4) is 0 Å². The first-order valence-corrected chi connectivity index (χ1v) is 7.29. The number of carbonyl (C=O) groups is 1. The van der Waals surface area contributed by atoms with E-state index in [4.69, 9.17) is 0 Å². The summed E-state index contributed by atoms with van der Waals surface area (Å²) in [5.74, 6) is -0.698. The zero-order valence-electron chi connectivity index (χ0n) is 12.0. The quantitative estimate of drug-likeness (QED) is 0.870. The SMILES string of the molecule is CCn1nccc1C1CCCN1C(=O)c1ccccc1F. The first-order chi connectivity index (χ1) is 10.2. The maximum Gasteiger partial charge on any atom is 0.257 e. The Morgan fingerprint density at radius 3 is 2.95 bits per heavy atom. The van der Waals surface area contributed by atoms with Gasteiger partial charge in [-0.15, -0.1) is 0 Å². The fourth-order valence-electron chi connectivity index (χ4n) is 3.00. The average molecular weight is 287 g/mol. The second kappa shape index (κ2) is 5.68. The van der Waals surface area contributed by atoms with Gasteiger partial charge >= 0.3 is 0 Å². The molecule has 2 aromatic rings. The monoisotopic (exact) mass is 287 g/mol. The van der Waals surface area contributed by atoms with Crippen LogP contribution in [-0.2, 0) is 6.54 Å². The molecular weight excluding hydrogens is 269 g/mol. The fourth-order valence-corrected chi connectivity index (χ4v) is 3.00. The Balaban J connectivity index is 1.91. The van der Waals surface area contributed by atoms with E-state index in [9.17, 15) is 9.18 Å². The Morgan fingerprint density at radius 1 is 1.38 bits per heavy atom. The molecule has 4 nitrogen and oxygen atoms in total. The van der Waals surface area contributed by atoms with Crippen LogP contribution in [0.2, 0.25) is 0 Å². The number of rotatable bonds is 3. The van der Waals surface area contributed by atoms with Gasteiger partial charge in [0, 0.05) is 19.3 Å². The largest absolute Gasteiger partial charge is 0.330 e. The minimum Gasteiger partial charge on any atom is -0.330 e. The van der Waals surface area contributed by atoms with Crippen LogP contribution in [0.1, 0.15) is 41.9 Å². The third kappa shape index (κ3) is 2.44. The predicted octanol–water partition coefficient (Wildman–Crippen LogP) is 3.02. The Bertz CT molecular complexity index is 652. The third-order valence-corrected chi connectivity index (χ3v) is 4.01. The van der Waals surface area contributed by atoms with Crippen molar-refractivity contribution < 1.29 is 9.18 Å². The number of aryl methyl sites for hydroxylation is 1. The molecule has 1 aliphatic rings. The molecule has 0 bridgehead atoms. The molecule has 1 saturated heterocycles. The van der Waals surface area contributed by atoms with Crippen LogP contribution in [0.4, 0.5) is 4.39 Å². The lowest BCUT2D eigenvalue weighted by Gasteiger charge is -2.25. The van der Waals surface area contributed by atoms with Gasteiger partial charge in [-0.1, -0.05) is 12.1 Å². The van der Waals surface area contributed by atoms with Gasteiger partial charge in [0.05, 0.1) is 17.3 Å². The molecule has 0 N–H and O–H groups in total. The van der Waals surface area contributed by atoms with Gasteiger partial charge in [-0.05, 0) is 38.0 Å². The van der Waals surface area contributed by atoms with Crippen molar-refractivity contribution in [3.05, 3.63) is 53.6 Å². The summed E-state index contributed by atoms with van der Waals surface area (Å²) in [6, 6.07) is 8.09. The first kappa shape index (κ1) is 13.8. The molecule has 2 heterocycles. The standard InChI is InChI=1S/C16H18FN3O/c1-2-20-15(9-10-18-20)14-8-5-11-19(14)16(21)12-6-3-4-7-13(12)17/h3-4,6-7,9-10,14H,2,5,8,11H2,1H3. The summed E-state index contributed by atoms with van der Waals surface area (Å²) < 4.78 is 15.7. The van der Waals surface area contributed by atoms with E-state index in [1.54, 1.807) is 29.3 Å². The number of benzene rings is 1. The van der Waals surface area contributed by atoms with Crippen LogP contribution < -0.4 is 0 Å². The fraction of sp³-hybridized carbons (Fsp3) is 0.375. The molecule has 21 heavy (non-hydrogen) atoms. The van der Waals surface area contributed by atoms with Crippen LogP contribution in [-0.4, -0.2) is 27.1 Å². The Morgan fingerprint density at radius 2 is 2.19 bits per heavy atom. The molecule has 5 heteroatoms. The molecule has 1 aromatic carbocycles. The summed E-state index contributed by atoms with van der Waals surface area (Å²) in [4.78, 5) is 14.4. The molecule has 1 fully saturated rings. The average Bonchev–Trinajstić information content (AvgIpc) is 3.15. The van der Waals surface area contributed by atoms with Crippen molar-refractivity contribution in [2.75, 3.05) is 6.54 Å². The van der Waals surface area contributed by atoms with Gasteiger partial charge in [0.2, 0.25) is 0 Å². The topological polar surface area (TPSA) is 38.1 Å². The molecule has 1 atom stereocenters. The van der Waals surface area contributed by atoms with E-state index in [-0.39, 0.29) is 17.5 Å². The molecule has 110 valence electrons. The predicted molar refractivity (Wildman–Crippen MR) is 77.3 cm³/mol. The van der Waals surface area contributed by atoms with E-state index < -0.39 is 5.82 Å². The third-order valence-electron chi connectivity index (χ3n) is 4.01. The second-order valence-electron chi connectivity index (χ2n) is 5.21. The van der Waals surface area contributed by atoms with Gasteiger partial charge in [-0.2, -0.15) is 5.10 Å². The van der Waals surface area contributed by atoms with Crippen molar-refractivity contribution in [3.63, 3.8) is 0 Å². The number of likely N-dealkylation sites (tertiary alicyclic amines) is 1. The minimum absolute atomic E-state index is 0.0143. The Labute approximate surface area is 123 Å². The summed E-state index contributed by atoms with van der Waals surface area (Å²) in [6.07, 6.45) is 3.58. The van der Waals surface area contributed by atoms with E-state index in [1.165, 1.54) is 6.07 Å². The van der Waals surface area contributed by atoms with Crippen LogP contribution in [0.5, 0.6) is 0 Å². The summed E-state index contributed by atoms with van der Waals surface area (Å²) in [5.41, 5.74) is 1.17. The highest BCUT2D eigenvalue weighted by Gasteiger charge is 2.33. The molecule has 1 aromatic heterocycles. The van der Waals surface area contributed by atoms with Gasteiger partial charge in [-0.3, -0.25) is 9.48 Å². The molecular formula is C16H18FN3O. The molecule has 0 saturated carbocycles. The number of nitrogens with zero attached hydrogens (tertiary/aromatic N) is 3. The lowest BCUT2D eigenvalue weighted by Crippen LogP contribution is -2.32. The van der Waals surface area contributed by atoms with E-state index in [0.29, 0.717) is 6.54 Å². The summed E-state index contributed by atoms with van der Waals surface area (Å²) in [5, 5.41) is 4.27. The van der Waals surface area contributed by atoms with Gasteiger partial charge in [0.15, 0.2) is 0 Å². The highest BCUT2D eigenvalue weighted by atomic mass is 19.1. The number of hydrogen-bond donors (Lipinski definition) is 0. The summed E-state index contributed by atoms with van der Waals surface area (Å²) in [6.45, 7) is 3.45. The number of amides is 1. The molecule has 3 rings (SSSR count). The van der Waals surface area contributed by atoms with Crippen molar-refractivity contribution in [1.29, 1.82) is 0 Å².